The fourth-order valence-corrected chi connectivity index (χ4v) is 1.77. The van der Waals surface area contributed by atoms with Crippen LogP contribution in [0.5, 0.6) is 5.75 Å². The van der Waals surface area contributed by atoms with Crippen LogP contribution < -0.4 is 4.74 Å². The molecule has 0 N–H and O–H groups in total. The lowest BCUT2D eigenvalue weighted by atomic mass is 10.1. The molecule has 0 aromatic heterocycles. The van der Waals surface area contributed by atoms with Crippen molar-refractivity contribution in [2.75, 3.05) is 19.8 Å². The molecule has 0 saturated heterocycles. The Labute approximate surface area is 124 Å². The van der Waals surface area contributed by atoms with Crippen LogP contribution in [-0.2, 0) is 9.53 Å². The molecule has 0 spiro atoms. The first kappa shape index (κ1) is 17.1. The Kier molecular flexibility index (Phi) is 8.04. The van der Waals surface area contributed by atoms with E-state index < -0.39 is 4.92 Å². The second-order valence-electron chi connectivity index (χ2n) is 4.62. The second-order valence-corrected chi connectivity index (χ2v) is 4.62. The number of nitro benzene ring substituents is 1. The van der Waals surface area contributed by atoms with Crippen molar-refractivity contribution in [1.82, 2.24) is 0 Å². The monoisotopic (exact) mass is 295 g/mol. The number of hydrogen-bond acceptors (Lipinski definition) is 5. The number of nitro groups is 1. The molecule has 0 unspecified atom stereocenters. The molecule has 0 bridgehead atoms. The van der Waals surface area contributed by atoms with Crippen LogP contribution in [0.4, 0.5) is 5.69 Å². The Morgan fingerprint density at radius 1 is 1.24 bits per heavy atom. The van der Waals surface area contributed by atoms with E-state index in [2.05, 4.69) is 6.92 Å². The minimum absolute atomic E-state index is 0.0734. The molecule has 0 amide bonds. The lowest BCUT2D eigenvalue weighted by molar-refractivity contribution is -0.385. The van der Waals surface area contributed by atoms with Gasteiger partial charge in [-0.25, -0.2) is 0 Å². The molecule has 6 nitrogen and oxygen atoms in total. The minimum Gasteiger partial charge on any atom is -0.484 e. The van der Waals surface area contributed by atoms with Gasteiger partial charge >= 0.3 is 5.69 Å². The first-order chi connectivity index (χ1) is 10.1. The van der Waals surface area contributed by atoms with Gasteiger partial charge in [-0.05, 0) is 12.5 Å². The number of ether oxygens (including phenoxy) is 2. The predicted molar refractivity (Wildman–Crippen MR) is 78.6 cm³/mol. The summed E-state index contributed by atoms with van der Waals surface area (Å²) in [6, 6.07) is 6.17. The molecule has 1 aromatic carbocycles. The highest BCUT2D eigenvalue weighted by Gasteiger charge is 2.13. The fourth-order valence-electron chi connectivity index (χ4n) is 1.77. The maximum Gasteiger partial charge on any atom is 0.310 e. The number of para-hydroxylation sites is 2. The van der Waals surface area contributed by atoms with Gasteiger partial charge in [0.05, 0.1) is 11.5 Å². The summed E-state index contributed by atoms with van der Waals surface area (Å²) in [5, 5.41) is 10.8. The molecule has 1 rings (SSSR count). The summed E-state index contributed by atoms with van der Waals surface area (Å²) in [6.07, 6.45) is 3.56. The van der Waals surface area contributed by atoms with Crippen LogP contribution in [0.15, 0.2) is 24.3 Å². The van der Waals surface area contributed by atoms with E-state index in [-0.39, 0.29) is 37.0 Å². The molecule has 0 atom stereocenters. The fraction of sp³-hybridized carbons (Fsp3) is 0.533. The van der Waals surface area contributed by atoms with Crippen LogP contribution in [0.3, 0.4) is 0 Å². The Morgan fingerprint density at radius 3 is 2.71 bits per heavy atom. The number of hydrogen-bond donors (Lipinski definition) is 0. The Morgan fingerprint density at radius 2 is 2.00 bits per heavy atom. The van der Waals surface area contributed by atoms with Gasteiger partial charge in [0.1, 0.15) is 13.2 Å². The van der Waals surface area contributed by atoms with E-state index in [4.69, 9.17) is 9.47 Å². The first-order valence-corrected chi connectivity index (χ1v) is 7.10. The number of nitrogens with zero attached hydrogens (tertiary/aromatic N) is 1. The highest BCUT2D eigenvalue weighted by molar-refractivity contribution is 5.79. The van der Waals surface area contributed by atoms with Crippen molar-refractivity contribution in [1.29, 1.82) is 0 Å². The van der Waals surface area contributed by atoms with Gasteiger partial charge in [-0.1, -0.05) is 31.9 Å². The molecule has 0 aliphatic heterocycles. The lowest BCUT2D eigenvalue weighted by Crippen LogP contribution is -2.13. The minimum atomic E-state index is -0.493. The van der Waals surface area contributed by atoms with Crippen LogP contribution in [-0.4, -0.2) is 30.5 Å². The topological polar surface area (TPSA) is 78.7 Å². The van der Waals surface area contributed by atoms with Crippen molar-refractivity contribution < 1.29 is 19.2 Å². The van der Waals surface area contributed by atoms with Gasteiger partial charge in [0.25, 0.3) is 0 Å². The Balaban J connectivity index is 2.20. The number of carbonyl (C=O) groups is 1. The standard InChI is InChI=1S/C15H21NO5/c1-2-3-4-7-13(17)12-20-10-11-21-15-9-6-5-8-14(15)16(18)19/h5-6,8-9H,2-4,7,10-12H2,1H3. The average molecular weight is 295 g/mol. The molecule has 0 heterocycles. The smallest absolute Gasteiger partial charge is 0.310 e. The quantitative estimate of drug-likeness (QED) is 0.356. The molecule has 0 aliphatic rings. The van der Waals surface area contributed by atoms with Crippen molar-refractivity contribution >= 4 is 11.5 Å². The van der Waals surface area contributed by atoms with Gasteiger partial charge in [-0.3, -0.25) is 14.9 Å². The summed E-state index contributed by atoms with van der Waals surface area (Å²) in [4.78, 5) is 21.7. The van der Waals surface area contributed by atoms with Crippen molar-refractivity contribution in [3.8, 4) is 5.75 Å². The predicted octanol–water partition coefficient (Wildman–Crippen LogP) is 3.14. The molecule has 0 fully saturated rings. The molecule has 116 valence electrons. The van der Waals surface area contributed by atoms with E-state index in [0.29, 0.717) is 6.42 Å². The second kappa shape index (κ2) is 9.88. The van der Waals surface area contributed by atoms with Gasteiger partial charge in [0.15, 0.2) is 11.5 Å². The third-order valence-corrected chi connectivity index (χ3v) is 2.87. The summed E-state index contributed by atoms with van der Waals surface area (Å²) in [5.74, 6) is 0.287. The van der Waals surface area contributed by atoms with Crippen LogP contribution in [0.1, 0.15) is 32.6 Å². The first-order valence-electron chi connectivity index (χ1n) is 7.10. The number of ketones is 1. The number of rotatable bonds is 11. The zero-order valence-electron chi connectivity index (χ0n) is 12.2. The normalized spacial score (nSPS) is 10.3. The summed E-state index contributed by atoms with van der Waals surface area (Å²) in [5.41, 5.74) is -0.0758. The van der Waals surface area contributed by atoms with Crippen LogP contribution in [0.25, 0.3) is 0 Å². The summed E-state index contributed by atoms with van der Waals surface area (Å²) in [7, 11) is 0. The molecule has 6 heteroatoms. The van der Waals surface area contributed by atoms with Crippen LogP contribution >= 0.6 is 0 Å². The van der Waals surface area contributed by atoms with E-state index in [1.807, 2.05) is 0 Å². The van der Waals surface area contributed by atoms with Gasteiger partial charge in [-0.2, -0.15) is 0 Å². The third kappa shape index (κ3) is 6.85. The van der Waals surface area contributed by atoms with Crippen LogP contribution in [0, 0.1) is 10.1 Å². The largest absolute Gasteiger partial charge is 0.484 e. The molecular weight excluding hydrogens is 274 g/mol. The summed E-state index contributed by atoms with van der Waals surface area (Å²) in [6.45, 7) is 2.56. The Bertz CT molecular complexity index is 461. The number of unbranched alkanes of at least 4 members (excludes halogenated alkanes) is 2. The SMILES string of the molecule is CCCCCC(=O)COCCOc1ccccc1[N+](=O)[O-]. The van der Waals surface area contributed by atoms with Crippen molar-refractivity contribution in [2.24, 2.45) is 0 Å². The number of benzene rings is 1. The van der Waals surface area contributed by atoms with E-state index in [9.17, 15) is 14.9 Å². The van der Waals surface area contributed by atoms with Crippen molar-refractivity contribution in [3.05, 3.63) is 34.4 Å². The van der Waals surface area contributed by atoms with Gasteiger partial charge in [0, 0.05) is 12.5 Å². The zero-order valence-corrected chi connectivity index (χ0v) is 12.2. The molecule has 0 radical (unpaired) electrons. The van der Waals surface area contributed by atoms with Gasteiger partial charge < -0.3 is 9.47 Å². The number of Topliss-reactive ketones (excluding diaryl/α,β-unsaturated/α-hetero) is 1. The average Bonchev–Trinajstić information content (AvgIpc) is 2.47. The van der Waals surface area contributed by atoms with E-state index in [0.717, 1.165) is 19.3 Å². The molecule has 1 aromatic rings. The van der Waals surface area contributed by atoms with Crippen LogP contribution in [0.2, 0.25) is 0 Å². The summed E-state index contributed by atoms with van der Waals surface area (Å²) < 4.78 is 10.5. The Hall–Kier alpha value is -1.95. The highest BCUT2D eigenvalue weighted by atomic mass is 16.6. The highest BCUT2D eigenvalue weighted by Crippen LogP contribution is 2.25. The third-order valence-electron chi connectivity index (χ3n) is 2.87. The lowest BCUT2D eigenvalue weighted by Gasteiger charge is -2.07. The zero-order chi connectivity index (χ0) is 15.5. The van der Waals surface area contributed by atoms with E-state index in [1.54, 1.807) is 12.1 Å². The van der Waals surface area contributed by atoms with E-state index >= 15 is 0 Å². The van der Waals surface area contributed by atoms with Gasteiger partial charge in [-0.15, -0.1) is 0 Å². The van der Waals surface area contributed by atoms with Crippen molar-refractivity contribution in [2.45, 2.75) is 32.6 Å². The number of carbonyl (C=O) groups excluding carboxylic acids is 1. The van der Waals surface area contributed by atoms with Gasteiger partial charge in [0.2, 0.25) is 0 Å². The molecule has 21 heavy (non-hydrogen) atoms. The maximum absolute atomic E-state index is 11.4. The summed E-state index contributed by atoms with van der Waals surface area (Å²) >= 11 is 0. The molecular formula is C15H21NO5. The van der Waals surface area contributed by atoms with Crippen molar-refractivity contribution in [3.63, 3.8) is 0 Å². The molecule has 0 saturated carbocycles. The molecule has 0 aliphatic carbocycles. The van der Waals surface area contributed by atoms with E-state index in [1.165, 1.54) is 12.1 Å². The maximum atomic E-state index is 11.4.